The molecule has 202 valence electrons. The van der Waals surface area contributed by atoms with Crippen LogP contribution in [0.2, 0.25) is 0 Å². The standard InChI is InChI=1S/C24H31N3O3.C2HF3O2/c28-23(21-4-6-22(7-5-21)26-9-1-2-10-26)27-11-3-8-24(19-27)16-20(18-30-24)17-25-12-14-29-15-13-25;3-2(4,5)1(6)7/h1-2,4-7,9-10,20H,3,8,11-19H2;(H,6,7). The second-order valence-corrected chi connectivity index (χ2v) is 9.75. The summed E-state index contributed by atoms with van der Waals surface area (Å²) in [5.74, 6) is -2.08. The molecular weight excluding hydrogens is 491 g/mol. The van der Waals surface area contributed by atoms with E-state index in [1.54, 1.807) is 0 Å². The van der Waals surface area contributed by atoms with Crippen LogP contribution in [0.25, 0.3) is 5.69 Å². The molecule has 2 atom stereocenters. The third-order valence-electron chi connectivity index (χ3n) is 6.99. The van der Waals surface area contributed by atoms with Crippen LogP contribution >= 0.6 is 0 Å². The maximum Gasteiger partial charge on any atom is 0.490 e. The van der Waals surface area contributed by atoms with E-state index >= 15 is 0 Å². The van der Waals surface area contributed by atoms with Crippen molar-refractivity contribution >= 4 is 11.9 Å². The number of halogens is 3. The molecule has 0 radical (unpaired) electrons. The van der Waals surface area contributed by atoms with Crippen LogP contribution in [0.4, 0.5) is 13.2 Å². The first-order valence-corrected chi connectivity index (χ1v) is 12.4. The van der Waals surface area contributed by atoms with Crippen molar-refractivity contribution in [3.05, 3.63) is 54.4 Å². The van der Waals surface area contributed by atoms with Gasteiger partial charge in [0, 0.05) is 56.4 Å². The molecule has 1 aromatic heterocycles. The van der Waals surface area contributed by atoms with Crippen molar-refractivity contribution in [2.24, 2.45) is 5.92 Å². The summed E-state index contributed by atoms with van der Waals surface area (Å²) in [6, 6.07) is 11.9. The van der Waals surface area contributed by atoms with Gasteiger partial charge in [0.25, 0.3) is 5.91 Å². The Labute approximate surface area is 213 Å². The molecule has 0 bridgehead atoms. The van der Waals surface area contributed by atoms with Gasteiger partial charge in [0.2, 0.25) is 0 Å². The number of nitrogens with zero attached hydrogens (tertiary/aromatic N) is 3. The molecule has 0 aliphatic carbocycles. The van der Waals surface area contributed by atoms with Crippen molar-refractivity contribution in [1.82, 2.24) is 14.4 Å². The van der Waals surface area contributed by atoms with E-state index < -0.39 is 12.1 Å². The van der Waals surface area contributed by atoms with Crippen LogP contribution in [0.5, 0.6) is 0 Å². The number of carboxylic acids is 1. The topological polar surface area (TPSA) is 84.2 Å². The Balaban J connectivity index is 0.000000405. The molecule has 3 fully saturated rings. The first kappa shape index (κ1) is 27.2. The van der Waals surface area contributed by atoms with Gasteiger partial charge in [-0.15, -0.1) is 0 Å². The fourth-order valence-corrected chi connectivity index (χ4v) is 5.23. The SMILES string of the molecule is O=C(O)C(F)(F)F.O=C(c1ccc(-n2cccc2)cc1)N1CCCC2(CC(CN3CCOCC3)CO2)C1. The highest BCUT2D eigenvalue weighted by molar-refractivity contribution is 5.94. The highest BCUT2D eigenvalue weighted by Crippen LogP contribution is 2.38. The number of aliphatic carboxylic acids is 1. The number of aromatic nitrogens is 1. The fourth-order valence-electron chi connectivity index (χ4n) is 5.23. The zero-order valence-electron chi connectivity index (χ0n) is 20.5. The lowest BCUT2D eigenvalue weighted by Gasteiger charge is -2.40. The number of likely N-dealkylation sites (tertiary alicyclic amines) is 1. The number of ether oxygens (including phenoxy) is 2. The van der Waals surface area contributed by atoms with Gasteiger partial charge in [-0.25, -0.2) is 4.79 Å². The van der Waals surface area contributed by atoms with Crippen LogP contribution in [0.3, 0.4) is 0 Å². The molecule has 3 aliphatic rings. The van der Waals surface area contributed by atoms with E-state index in [4.69, 9.17) is 19.4 Å². The van der Waals surface area contributed by atoms with Crippen LogP contribution in [0.15, 0.2) is 48.8 Å². The van der Waals surface area contributed by atoms with Gasteiger partial charge in [0.1, 0.15) is 0 Å². The minimum Gasteiger partial charge on any atom is -0.475 e. The average Bonchev–Trinajstić information content (AvgIpc) is 3.55. The third kappa shape index (κ3) is 7.12. The monoisotopic (exact) mass is 523 g/mol. The molecule has 3 aliphatic heterocycles. The Morgan fingerprint density at radius 3 is 2.32 bits per heavy atom. The van der Waals surface area contributed by atoms with Crippen molar-refractivity contribution in [1.29, 1.82) is 0 Å². The maximum absolute atomic E-state index is 13.2. The number of piperidine rings is 1. The minimum atomic E-state index is -5.08. The lowest BCUT2D eigenvalue weighted by atomic mass is 9.86. The molecule has 8 nitrogen and oxygen atoms in total. The molecule has 2 aromatic rings. The van der Waals surface area contributed by atoms with Crippen LogP contribution in [0, 0.1) is 5.92 Å². The fraction of sp³-hybridized carbons (Fsp3) is 0.538. The molecule has 11 heteroatoms. The molecule has 2 unspecified atom stereocenters. The second kappa shape index (κ2) is 11.7. The smallest absolute Gasteiger partial charge is 0.475 e. The molecule has 0 saturated carbocycles. The van der Waals surface area contributed by atoms with E-state index in [1.165, 1.54) is 0 Å². The number of benzene rings is 1. The summed E-state index contributed by atoms with van der Waals surface area (Å²) < 4.78 is 45.6. The van der Waals surface area contributed by atoms with Gasteiger partial charge in [0.15, 0.2) is 0 Å². The Hall–Kier alpha value is -2.89. The largest absolute Gasteiger partial charge is 0.490 e. The number of hydrogen-bond donors (Lipinski definition) is 1. The lowest BCUT2D eigenvalue weighted by Crippen LogP contribution is -2.50. The highest BCUT2D eigenvalue weighted by atomic mass is 19.4. The molecule has 3 saturated heterocycles. The summed E-state index contributed by atoms with van der Waals surface area (Å²) in [4.78, 5) is 26.6. The summed E-state index contributed by atoms with van der Waals surface area (Å²) in [5.41, 5.74) is 1.67. The van der Waals surface area contributed by atoms with Crippen LogP contribution in [-0.2, 0) is 14.3 Å². The summed E-state index contributed by atoms with van der Waals surface area (Å²) in [7, 11) is 0. The van der Waals surface area contributed by atoms with E-state index in [0.29, 0.717) is 12.5 Å². The molecule has 1 spiro atoms. The van der Waals surface area contributed by atoms with Crippen molar-refractivity contribution in [3.8, 4) is 5.69 Å². The third-order valence-corrected chi connectivity index (χ3v) is 6.99. The van der Waals surface area contributed by atoms with Crippen molar-refractivity contribution in [3.63, 3.8) is 0 Å². The van der Waals surface area contributed by atoms with Gasteiger partial charge in [-0.2, -0.15) is 13.2 Å². The molecule has 37 heavy (non-hydrogen) atoms. The lowest BCUT2D eigenvalue weighted by molar-refractivity contribution is -0.192. The number of morpholine rings is 1. The normalized spacial score (nSPS) is 24.5. The van der Waals surface area contributed by atoms with Gasteiger partial charge in [-0.05, 0) is 61.6 Å². The number of amides is 1. The average molecular weight is 524 g/mol. The first-order valence-electron chi connectivity index (χ1n) is 12.4. The zero-order valence-corrected chi connectivity index (χ0v) is 20.5. The number of alkyl halides is 3. The number of rotatable bonds is 4. The quantitative estimate of drug-likeness (QED) is 0.661. The van der Waals surface area contributed by atoms with Crippen LogP contribution < -0.4 is 0 Å². The number of carbonyl (C=O) groups is 2. The van der Waals surface area contributed by atoms with Gasteiger partial charge in [-0.3, -0.25) is 9.69 Å². The molecular formula is C26H32F3N3O5. The van der Waals surface area contributed by atoms with E-state index in [1.807, 2.05) is 58.3 Å². The van der Waals surface area contributed by atoms with Crippen LogP contribution in [0.1, 0.15) is 29.6 Å². The van der Waals surface area contributed by atoms with E-state index in [2.05, 4.69) is 4.90 Å². The molecule has 1 N–H and O–H groups in total. The van der Waals surface area contributed by atoms with E-state index in [-0.39, 0.29) is 11.5 Å². The van der Waals surface area contributed by atoms with Crippen LogP contribution in [-0.4, -0.2) is 95.7 Å². The summed E-state index contributed by atoms with van der Waals surface area (Å²) in [5, 5.41) is 7.12. The van der Waals surface area contributed by atoms with E-state index in [9.17, 15) is 18.0 Å². The predicted octanol–water partition coefficient (Wildman–Crippen LogP) is 3.45. The second-order valence-electron chi connectivity index (χ2n) is 9.75. The number of carboxylic acid groups (broad SMARTS) is 1. The Bertz CT molecular complexity index is 1040. The Morgan fingerprint density at radius 2 is 1.70 bits per heavy atom. The molecule has 5 rings (SSSR count). The summed E-state index contributed by atoms with van der Waals surface area (Å²) in [6.45, 7) is 7.14. The van der Waals surface area contributed by atoms with Gasteiger partial charge in [0.05, 0.1) is 25.4 Å². The van der Waals surface area contributed by atoms with E-state index in [0.717, 1.165) is 76.5 Å². The molecule has 4 heterocycles. The zero-order chi connectivity index (χ0) is 26.5. The summed E-state index contributed by atoms with van der Waals surface area (Å²) in [6.07, 6.45) is 2.06. The van der Waals surface area contributed by atoms with Gasteiger partial charge < -0.3 is 24.0 Å². The van der Waals surface area contributed by atoms with Crippen molar-refractivity contribution in [2.75, 3.05) is 52.5 Å². The number of hydrogen-bond acceptors (Lipinski definition) is 5. The number of carbonyl (C=O) groups excluding carboxylic acids is 1. The minimum absolute atomic E-state index is 0.119. The maximum atomic E-state index is 13.2. The molecule has 1 amide bonds. The van der Waals surface area contributed by atoms with Crippen molar-refractivity contribution in [2.45, 2.75) is 31.0 Å². The summed E-state index contributed by atoms with van der Waals surface area (Å²) >= 11 is 0. The van der Waals surface area contributed by atoms with Gasteiger partial charge >= 0.3 is 12.1 Å². The Morgan fingerprint density at radius 1 is 1.05 bits per heavy atom. The van der Waals surface area contributed by atoms with Gasteiger partial charge in [-0.1, -0.05) is 0 Å². The highest BCUT2D eigenvalue weighted by Gasteiger charge is 2.45. The Kier molecular flexibility index (Phi) is 8.56. The molecule has 1 aromatic carbocycles. The first-order chi connectivity index (χ1) is 17.7. The predicted molar refractivity (Wildman–Crippen MR) is 129 cm³/mol. The van der Waals surface area contributed by atoms with Crippen molar-refractivity contribution < 1.29 is 37.3 Å².